The van der Waals surface area contributed by atoms with Crippen molar-refractivity contribution >= 4 is 0 Å². The van der Waals surface area contributed by atoms with Crippen LogP contribution < -0.4 is 0 Å². The maximum absolute atomic E-state index is 8.25. The Morgan fingerprint density at radius 1 is 0.800 bits per heavy atom. The minimum absolute atomic E-state index is 0. The summed E-state index contributed by atoms with van der Waals surface area (Å²) in [7, 11) is 0. The van der Waals surface area contributed by atoms with E-state index in [2.05, 4.69) is 0 Å². The first-order valence-electron chi connectivity index (χ1n) is 1.10. The van der Waals surface area contributed by atoms with E-state index in [0.717, 1.165) is 0 Å². The van der Waals surface area contributed by atoms with Gasteiger partial charge in [0.25, 0.3) is 0 Å². The Balaban J connectivity index is -0.0000000300. The molecule has 0 bridgehead atoms. The molecule has 0 aliphatic rings. The molecular formula is CdN2O6Zn. The molecular weight excluding hydrogens is 302 g/mol. The van der Waals surface area contributed by atoms with Gasteiger partial charge in [-0.2, -0.15) is 0 Å². The van der Waals surface area contributed by atoms with Crippen molar-refractivity contribution in [3.63, 3.8) is 0 Å². The molecule has 0 aromatic rings. The van der Waals surface area contributed by atoms with Crippen molar-refractivity contribution in [1.82, 2.24) is 0 Å². The van der Waals surface area contributed by atoms with E-state index in [1.807, 2.05) is 0 Å². The second-order valence-corrected chi connectivity index (χ2v) is 0.447. The van der Waals surface area contributed by atoms with Gasteiger partial charge in [-0.25, -0.2) is 0 Å². The van der Waals surface area contributed by atoms with E-state index in [1.54, 1.807) is 0 Å². The van der Waals surface area contributed by atoms with Gasteiger partial charge in [-0.15, -0.1) is 0 Å². The Labute approximate surface area is 87.3 Å². The molecule has 0 spiro atoms. The molecule has 50 valence electrons. The Kier molecular flexibility index (Phi) is 36.0. The summed E-state index contributed by atoms with van der Waals surface area (Å²) in [4.78, 5) is 16.5. The van der Waals surface area contributed by atoms with Crippen LogP contribution in [-0.2, 0) is 46.8 Å². The average molecular weight is 302 g/mol. The van der Waals surface area contributed by atoms with Crippen LogP contribution in [0.5, 0.6) is 0 Å². The largest absolute Gasteiger partial charge is 2.00 e. The Bertz CT molecular complexity index is 73.7. The molecule has 10 heteroatoms. The molecule has 0 radical (unpaired) electrons. The summed E-state index contributed by atoms with van der Waals surface area (Å²) in [6.45, 7) is 0. The van der Waals surface area contributed by atoms with Gasteiger partial charge in [-0.1, -0.05) is 0 Å². The summed E-state index contributed by atoms with van der Waals surface area (Å²) in [5.41, 5.74) is 0. The minimum Gasteiger partial charge on any atom is -0.356 e. The standard InChI is InChI=1S/Cd.2NO3.Zn/c;2*2-1(3)4;/q;2*-1;+2. The fourth-order valence-corrected chi connectivity index (χ4v) is 0. The molecule has 0 saturated heterocycles. The molecule has 0 heterocycles. The van der Waals surface area contributed by atoms with E-state index in [4.69, 9.17) is 30.6 Å². The first-order valence-corrected chi connectivity index (χ1v) is 1.10. The molecule has 0 aliphatic carbocycles. The van der Waals surface area contributed by atoms with Gasteiger partial charge in [-0.3, -0.25) is 0 Å². The van der Waals surface area contributed by atoms with Gasteiger partial charge in [0.05, 0.1) is 10.2 Å². The molecule has 10 heavy (non-hydrogen) atoms. The summed E-state index contributed by atoms with van der Waals surface area (Å²) >= 11 is 0. The SMILES string of the molecule is O=[N+]([O-])[O-].O=[N+]([O-])[O-].[Cd].[Zn+2]. The van der Waals surface area contributed by atoms with Crippen LogP contribution in [0.15, 0.2) is 0 Å². The zero-order chi connectivity index (χ0) is 7.15. The Hall–Kier alpha value is -0.0545. The molecule has 0 saturated carbocycles. The summed E-state index contributed by atoms with van der Waals surface area (Å²) in [5, 5.41) is 29.5. The molecule has 0 atom stereocenters. The van der Waals surface area contributed by atoms with E-state index in [1.165, 1.54) is 0 Å². The van der Waals surface area contributed by atoms with Crippen molar-refractivity contribution in [2.75, 3.05) is 0 Å². The van der Waals surface area contributed by atoms with E-state index in [-0.39, 0.29) is 46.8 Å². The van der Waals surface area contributed by atoms with Crippen LogP contribution in [0.1, 0.15) is 0 Å². The summed E-state index contributed by atoms with van der Waals surface area (Å²) in [5.74, 6) is 0. The molecule has 0 aromatic heterocycles. The summed E-state index contributed by atoms with van der Waals surface area (Å²) in [6.07, 6.45) is 0. The van der Waals surface area contributed by atoms with Crippen LogP contribution >= 0.6 is 0 Å². The predicted molar refractivity (Wildman–Crippen MR) is 20.7 cm³/mol. The minimum atomic E-state index is -1.75. The molecule has 0 unspecified atom stereocenters. The van der Waals surface area contributed by atoms with Crippen LogP contribution in [0.2, 0.25) is 0 Å². The van der Waals surface area contributed by atoms with Gasteiger partial charge in [0.2, 0.25) is 0 Å². The second-order valence-electron chi connectivity index (χ2n) is 0.447. The van der Waals surface area contributed by atoms with Gasteiger partial charge in [0.1, 0.15) is 0 Å². The second kappa shape index (κ2) is 16.0. The van der Waals surface area contributed by atoms with Crippen molar-refractivity contribution in [3.05, 3.63) is 30.6 Å². The van der Waals surface area contributed by atoms with E-state index < -0.39 is 10.2 Å². The molecule has 0 rings (SSSR count). The van der Waals surface area contributed by atoms with Gasteiger partial charge < -0.3 is 30.6 Å². The zero-order valence-corrected chi connectivity index (χ0v) is 11.8. The number of hydrogen-bond donors (Lipinski definition) is 0. The predicted octanol–water partition coefficient (Wildman–Crippen LogP) is -0.483. The zero-order valence-electron chi connectivity index (χ0n) is 4.76. The molecule has 8 nitrogen and oxygen atoms in total. The van der Waals surface area contributed by atoms with Crippen LogP contribution in [-0.4, -0.2) is 10.2 Å². The first-order chi connectivity index (χ1) is 3.46. The quantitative estimate of drug-likeness (QED) is 0.337. The van der Waals surface area contributed by atoms with Crippen LogP contribution in [0.25, 0.3) is 0 Å². The number of hydrogen-bond acceptors (Lipinski definition) is 6. The first kappa shape index (κ1) is 22.5. The van der Waals surface area contributed by atoms with Gasteiger partial charge in [0.15, 0.2) is 0 Å². The fraction of sp³-hybridized carbons (Fsp3) is 0. The normalized spacial score (nSPS) is 4.80. The van der Waals surface area contributed by atoms with Crippen molar-refractivity contribution in [1.29, 1.82) is 0 Å². The number of rotatable bonds is 0. The van der Waals surface area contributed by atoms with Crippen LogP contribution in [0.3, 0.4) is 0 Å². The van der Waals surface area contributed by atoms with Crippen molar-refractivity contribution < 1.29 is 56.9 Å². The smallest absolute Gasteiger partial charge is 0.356 e. The van der Waals surface area contributed by atoms with Crippen molar-refractivity contribution in [2.45, 2.75) is 0 Å². The van der Waals surface area contributed by atoms with Crippen molar-refractivity contribution in [2.24, 2.45) is 0 Å². The summed E-state index contributed by atoms with van der Waals surface area (Å²) in [6, 6.07) is 0. The van der Waals surface area contributed by atoms with Gasteiger partial charge in [-0.05, 0) is 0 Å². The molecule has 0 aromatic carbocycles. The molecule has 0 amide bonds. The topological polar surface area (TPSA) is 132 Å². The Morgan fingerprint density at radius 2 is 0.800 bits per heavy atom. The van der Waals surface area contributed by atoms with Gasteiger partial charge in [0, 0.05) is 27.3 Å². The van der Waals surface area contributed by atoms with E-state index >= 15 is 0 Å². The van der Waals surface area contributed by atoms with Gasteiger partial charge >= 0.3 is 19.5 Å². The van der Waals surface area contributed by atoms with E-state index in [0.29, 0.717) is 0 Å². The molecule has 0 fully saturated rings. The van der Waals surface area contributed by atoms with Crippen molar-refractivity contribution in [3.8, 4) is 0 Å². The van der Waals surface area contributed by atoms with Crippen LogP contribution in [0.4, 0.5) is 0 Å². The third kappa shape index (κ3) is 129000. The monoisotopic (exact) mass is 302 g/mol. The maximum Gasteiger partial charge on any atom is 2.00 e. The molecule has 0 aliphatic heterocycles. The number of nitrogens with zero attached hydrogens (tertiary/aromatic N) is 2. The summed E-state index contributed by atoms with van der Waals surface area (Å²) < 4.78 is 0. The fourth-order valence-electron chi connectivity index (χ4n) is 0. The van der Waals surface area contributed by atoms with Crippen LogP contribution in [0, 0.1) is 30.6 Å². The third-order valence-corrected chi connectivity index (χ3v) is 0. The Morgan fingerprint density at radius 3 is 0.800 bits per heavy atom. The van der Waals surface area contributed by atoms with E-state index in [9.17, 15) is 0 Å². The molecule has 0 N–H and O–H groups in total. The maximum atomic E-state index is 8.25. The third-order valence-electron chi connectivity index (χ3n) is 0. The average Bonchev–Trinajstić information content (AvgIpc) is 1.25.